The van der Waals surface area contributed by atoms with Gasteiger partial charge in [-0.05, 0) is 12.5 Å². The average Bonchev–Trinajstić information content (AvgIpc) is 3.16. The van der Waals surface area contributed by atoms with Crippen molar-refractivity contribution in [2.45, 2.75) is 19.4 Å². The lowest BCUT2D eigenvalue weighted by Gasteiger charge is -2.34. The number of oxime groups is 1. The second-order valence-electron chi connectivity index (χ2n) is 7.38. The van der Waals surface area contributed by atoms with Crippen molar-refractivity contribution in [3.05, 3.63) is 35.4 Å². The quantitative estimate of drug-likeness (QED) is 0.539. The Balaban J connectivity index is 1.48. The molecule has 1 unspecified atom stereocenters. The van der Waals surface area contributed by atoms with Crippen molar-refractivity contribution in [3.8, 4) is 0 Å². The molecule has 0 bridgehead atoms. The van der Waals surface area contributed by atoms with E-state index in [-0.39, 0.29) is 12.6 Å². The molecule has 2 aliphatic rings. The summed E-state index contributed by atoms with van der Waals surface area (Å²) in [6.45, 7) is 6.99. The lowest BCUT2D eigenvalue weighted by atomic mass is 10.0. The van der Waals surface area contributed by atoms with E-state index in [2.05, 4.69) is 10.1 Å². The third-order valence-electron chi connectivity index (χ3n) is 5.37. The molecule has 1 fully saturated rings. The lowest BCUT2D eigenvalue weighted by molar-refractivity contribution is -0.138. The van der Waals surface area contributed by atoms with Crippen molar-refractivity contribution in [3.63, 3.8) is 0 Å². The maximum atomic E-state index is 10.8. The molecule has 2 heterocycles. The number of carboxylic acids is 1. The SMILES string of the molecule is CCN(C)C(=N)c1ccc(C2=NOC(CN3CCN(CC(=O)O)CC3)C2)cc1. The Labute approximate surface area is 165 Å². The van der Waals surface area contributed by atoms with Crippen LogP contribution >= 0.6 is 0 Å². The molecule has 152 valence electrons. The number of benzene rings is 1. The molecule has 8 nitrogen and oxygen atoms in total. The predicted molar refractivity (Wildman–Crippen MR) is 108 cm³/mol. The monoisotopic (exact) mass is 387 g/mol. The molecule has 0 amide bonds. The van der Waals surface area contributed by atoms with Gasteiger partial charge in [0.25, 0.3) is 0 Å². The fourth-order valence-corrected chi connectivity index (χ4v) is 3.51. The highest BCUT2D eigenvalue weighted by molar-refractivity contribution is 6.02. The maximum absolute atomic E-state index is 10.8. The summed E-state index contributed by atoms with van der Waals surface area (Å²) in [6.07, 6.45) is 0.797. The molecule has 0 spiro atoms. The van der Waals surface area contributed by atoms with Crippen LogP contribution in [0.25, 0.3) is 0 Å². The van der Waals surface area contributed by atoms with Crippen molar-refractivity contribution in [1.29, 1.82) is 5.41 Å². The highest BCUT2D eigenvalue weighted by atomic mass is 16.6. The van der Waals surface area contributed by atoms with Crippen LogP contribution in [0.1, 0.15) is 24.5 Å². The van der Waals surface area contributed by atoms with E-state index < -0.39 is 5.97 Å². The molecule has 0 radical (unpaired) electrons. The van der Waals surface area contributed by atoms with Gasteiger partial charge in [-0.2, -0.15) is 0 Å². The first-order chi connectivity index (χ1) is 13.5. The largest absolute Gasteiger partial charge is 0.480 e. The van der Waals surface area contributed by atoms with Gasteiger partial charge in [0.1, 0.15) is 11.9 Å². The smallest absolute Gasteiger partial charge is 0.317 e. The van der Waals surface area contributed by atoms with Gasteiger partial charge >= 0.3 is 5.97 Å². The molecule has 0 aliphatic carbocycles. The van der Waals surface area contributed by atoms with E-state index in [4.69, 9.17) is 15.4 Å². The van der Waals surface area contributed by atoms with Gasteiger partial charge in [0.2, 0.25) is 0 Å². The summed E-state index contributed by atoms with van der Waals surface area (Å²) < 4.78 is 0. The summed E-state index contributed by atoms with van der Waals surface area (Å²) in [5.41, 5.74) is 2.87. The zero-order valence-corrected chi connectivity index (χ0v) is 16.6. The van der Waals surface area contributed by atoms with Crippen LogP contribution in [-0.4, -0.2) is 96.3 Å². The first-order valence-electron chi connectivity index (χ1n) is 9.76. The molecular formula is C20H29N5O3. The number of hydrogen-bond donors (Lipinski definition) is 2. The van der Waals surface area contributed by atoms with Gasteiger partial charge in [0, 0.05) is 58.3 Å². The number of hydrogen-bond acceptors (Lipinski definition) is 6. The van der Waals surface area contributed by atoms with Crippen LogP contribution in [0.15, 0.2) is 29.4 Å². The minimum absolute atomic E-state index is 0.0326. The Bertz CT molecular complexity index is 726. The number of carbonyl (C=O) groups is 1. The van der Waals surface area contributed by atoms with E-state index >= 15 is 0 Å². The molecule has 1 saturated heterocycles. The molecule has 3 rings (SSSR count). The molecule has 0 saturated carbocycles. The maximum Gasteiger partial charge on any atom is 0.317 e. The number of nitrogens with zero attached hydrogens (tertiary/aromatic N) is 4. The predicted octanol–water partition coefficient (Wildman–Crippen LogP) is 1.16. The second kappa shape index (κ2) is 9.16. The van der Waals surface area contributed by atoms with Crippen LogP contribution in [-0.2, 0) is 9.63 Å². The fourth-order valence-electron chi connectivity index (χ4n) is 3.51. The second-order valence-corrected chi connectivity index (χ2v) is 7.38. The Morgan fingerprint density at radius 3 is 2.50 bits per heavy atom. The highest BCUT2D eigenvalue weighted by Gasteiger charge is 2.27. The number of aliphatic carboxylic acids is 1. The number of carboxylic acid groups (broad SMARTS) is 1. The zero-order chi connectivity index (χ0) is 20.1. The highest BCUT2D eigenvalue weighted by Crippen LogP contribution is 2.19. The summed E-state index contributed by atoms with van der Waals surface area (Å²) in [6, 6.07) is 7.92. The van der Waals surface area contributed by atoms with Crippen LogP contribution in [0, 0.1) is 5.41 Å². The van der Waals surface area contributed by atoms with Crippen LogP contribution in [0.3, 0.4) is 0 Å². The van der Waals surface area contributed by atoms with E-state index in [0.717, 1.165) is 62.5 Å². The summed E-state index contributed by atoms with van der Waals surface area (Å²) in [5.74, 6) is -0.258. The molecule has 1 atom stereocenters. The minimum atomic E-state index is -0.770. The van der Waals surface area contributed by atoms with Crippen LogP contribution in [0.5, 0.6) is 0 Å². The van der Waals surface area contributed by atoms with E-state index in [1.54, 1.807) is 0 Å². The molecule has 1 aromatic carbocycles. The Kier molecular flexibility index (Phi) is 6.64. The summed E-state index contributed by atoms with van der Waals surface area (Å²) >= 11 is 0. The van der Waals surface area contributed by atoms with Gasteiger partial charge in [0.05, 0.1) is 12.3 Å². The van der Waals surface area contributed by atoms with Crippen LogP contribution in [0.4, 0.5) is 0 Å². The van der Waals surface area contributed by atoms with Crippen molar-refractivity contribution in [2.75, 3.05) is 52.9 Å². The number of nitrogens with one attached hydrogen (secondary N) is 1. The van der Waals surface area contributed by atoms with Crippen molar-refractivity contribution >= 4 is 17.5 Å². The van der Waals surface area contributed by atoms with Gasteiger partial charge in [-0.3, -0.25) is 20.0 Å². The average molecular weight is 387 g/mol. The van der Waals surface area contributed by atoms with E-state index in [9.17, 15) is 4.79 Å². The minimum Gasteiger partial charge on any atom is -0.480 e. The van der Waals surface area contributed by atoms with E-state index in [1.807, 2.05) is 48.0 Å². The van der Waals surface area contributed by atoms with Gasteiger partial charge in [-0.1, -0.05) is 29.4 Å². The third-order valence-corrected chi connectivity index (χ3v) is 5.37. The van der Waals surface area contributed by atoms with Gasteiger partial charge in [-0.25, -0.2) is 0 Å². The molecule has 0 aromatic heterocycles. The molecule has 28 heavy (non-hydrogen) atoms. The fraction of sp³-hybridized carbons (Fsp3) is 0.550. The topological polar surface area (TPSA) is 92.5 Å². The Hall–Kier alpha value is -2.45. The first-order valence-corrected chi connectivity index (χ1v) is 9.76. The Morgan fingerprint density at radius 1 is 1.25 bits per heavy atom. The van der Waals surface area contributed by atoms with Gasteiger partial charge in [0.15, 0.2) is 0 Å². The van der Waals surface area contributed by atoms with Crippen LogP contribution < -0.4 is 0 Å². The van der Waals surface area contributed by atoms with E-state index in [0.29, 0.717) is 5.84 Å². The molecule has 2 aliphatic heterocycles. The first kappa shape index (κ1) is 20.3. The number of amidine groups is 1. The van der Waals surface area contributed by atoms with E-state index in [1.165, 1.54) is 0 Å². The van der Waals surface area contributed by atoms with Crippen molar-refractivity contribution < 1.29 is 14.7 Å². The van der Waals surface area contributed by atoms with Crippen LogP contribution in [0.2, 0.25) is 0 Å². The molecule has 1 aromatic rings. The molecule has 2 N–H and O–H groups in total. The summed E-state index contributed by atoms with van der Waals surface area (Å²) in [5, 5.41) is 21.3. The summed E-state index contributed by atoms with van der Waals surface area (Å²) in [7, 11) is 1.91. The van der Waals surface area contributed by atoms with Gasteiger partial charge in [-0.15, -0.1) is 0 Å². The number of piperazine rings is 1. The van der Waals surface area contributed by atoms with Crippen molar-refractivity contribution in [1.82, 2.24) is 14.7 Å². The number of rotatable bonds is 7. The summed E-state index contributed by atoms with van der Waals surface area (Å²) in [4.78, 5) is 22.6. The zero-order valence-electron chi connectivity index (χ0n) is 16.6. The third kappa shape index (κ3) is 5.08. The molecule has 8 heteroatoms. The molecular weight excluding hydrogens is 358 g/mol. The normalized spacial score (nSPS) is 20.5. The van der Waals surface area contributed by atoms with Crippen molar-refractivity contribution in [2.24, 2.45) is 5.16 Å². The Morgan fingerprint density at radius 2 is 1.89 bits per heavy atom. The lowest BCUT2D eigenvalue weighted by Crippen LogP contribution is -2.49. The van der Waals surface area contributed by atoms with Gasteiger partial charge < -0.3 is 14.8 Å². The standard InChI is InChI=1S/C20H29N5O3/c1-3-23(2)20(21)16-6-4-15(5-7-16)18-12-17(28-22-18)13-24-8-10-25(11-9-24)14-19(26)27/h4-7,17,21H,3,8-14H2,1-2H3,(H,26,27).